The molecule has 3 heterocycles. The van der Waals surface area contributed by atoms with Crippen LogP contribution >= 0.6 is 0 Å². The number of methoxy groups -OCH3 is 2. The fourth-order valence-electron chi connectivity index (χ4n) is 4.15. The molecule has 150 valence electrons. The topological polar surface area (TPSA) is 101 Å². The van der Waals surface area contributed by atoms with Crippen molar-refractivity contribution in [3.8, 4) is 0 Å². The molecule has 3 rings (SSSR count). The number of hydrogen-bond acceptors (Lipinski definition) is 8. The molecule has 1 saturated heterocycles. The monoisotopic (exact) mass is 382 g/mol. The van der Waals surface area contributed by atoms with Crippen LogP contribution in [-0.4, -0.2) is 61.0 Å². The van der Waals surface area contributed by atoms with Gasteiger partial charge in [0, 0.05) is 39.6 Å². The number of rotatable bonds is 4. The molecular weight excluding hydrogens is 356 g/mol. The molecule has 0 radical (unpaired) electrons. The van der Waals surface area contributed by atoms with E-state index in [9.17, 15) is 14.7 Å². The third kappa shape index (κ3) is 3.31. The van der Waals surface area contributed by atoms with Gasteiger partial charge in [0.15, 0.2) is 5.79 Å². The number of fused-ring (bicyclic) bond motifs is 3. The van der Waals surface area contributed by atoms with Gasteiger partial charge in [-0.15, -0.1) is 0 Å². The van der Waals surface area contributed by atoms with E-state index < -0.39 is 35.0 Å². The van der Waals surface area contributed by atoms with E-state index in [0.29, 0.717) is 18.4 Å². The zero-order valence-electron chi connectivity index (χ0n) is 16.3. The molecule has 0 aromatic rings. The van der Waals surface area contributed by atoms with E-state index in [1.165, 1.54) is 21.1 Å². The van der Waals surface area contributed by atoms with Crippen LogP contribution in [0.5, 0.6) is 0 Å². The Labute approximate surface area is 158 Å². The van der Waals surface area contributed by atoms with Crippen LogP contribution in [-0.2, 0) is 33.3 Å². The van der Waals surface area contributed by atoms with Gasteiger partial charge in [0.05, 0.1) is 17.8 Å². The first-order valence-electron chi connectivity index (χ1n) is 8.89. The molecule has 3 aliphatic rings. The van der Waals surface area contributed by atoms with Crippen LogP contribution in [0.2, 0.25) is 0 Å². The maximum atomic E-state index is 12.4. The van der Waals surface area contributed by atoms with Crippen molar-refractivity contribution >= 4 is 11.9 Å². The van der Waals surface area contributed by atoms with E-state index in [0.717, 1.165) is 0 Å². The van der Waals surface area contributed by atoms with Crippen LogP contribution in [0.25, 0.3) is 0 Å². The van der Waals surface area contributed by atoms with Gasteiger partial charge in [-0.25, -0.2) is 4.79 Å². The molecule has 0 aromatic carbocycles. The summed E-state index contributed by atoms with van der Waals surface area (Å²) in [5.41, 5.74) is -1.66. The first-order chi connectivity index (χ1) is 12.6. The van der Waals surface area contributed by atoms with Gasteiger partial charge < -0.3 is 28.8 Å². The highest BCUT2D eigenvalue weighted by molar-refractivity contribution is 5.95. The average Bonchev–Trinajstić information content (AvgIpc) is 3.05. The van der Waals surface area contributed by atoms with Crippen LogP contribution in [0.1, 0.15) is 40.0 Å². The fourth-order valence-corrected chi connectivity index (χ4v) is 4.15. The van der Waals surface area contributed by atoms with Crippen molar-refractivity contribution in [1.29, 1.82) is 0 Å². The first kappa shape index (κ1) is 20.0. The van der Waals surface area contributed by atoms with Gasteiger partial charge in [0.25, 0.3) is 0 Å². The zero-order chi connectivity index (χ0) is 20.0. The van der Waals surface area contributed by atoms with Gasteiger partial charge >= 0.3 is 11.9 Å². The Hall–Kier alpha value is -1.74. The molecule has 2 bridgehead atoms. The Morgan fingerprint density at radius 1 is 1.33 bits per heavy atom. The molecule has 1 N–H and O–H groups in total. The molecule has 3 aliphatic heterocycles. The number of aliphatic hydroxyl groups is 1. The molecule has 27 heavy (non-hydrogen) atoms. The van der Waals surface area contributed by atoms with Crippen molar-refractivity contribution in [3.63, 3.8) is 0 Å². The van der Waals surface area contributed by atoms with Gasteiger partial charge in [0.1, 0.15) is 17.5 Å². The van der Waals surface area contributed by atoms with Gasteiger partial charge in [-0.1, -0.05) is 0 Å². The average molecular weight is 382 g/mol. The van der Waals surface area contributed by atoms with E-state index in [1.807, 2.05) is 6.92 Å². The minimum atomic E-state index is -1.50. The molecule has 0 aromatic heterocycles. The summed E-state index contributed by atoms with van der Waals surface area (Å²) in [6.45, 7) is 4.69. The summed E-state index contributed by atoms with van der Waals surface area (Å²) >= 11 is 0. The van der Waals surface area contributed by atoms with E-state index >= 15 is 0 Å². The largest absolute Gasteiger partial charge is 0.457 e. The van der Waals surface area contributed by atoms with Crippen molar-refractivity contribution in [2.75, 3.05) is 20.8 Å². The van der Waals surface area contributed by atoms with Gasteiger partial charge in [0.2, 0.25) is 0 Å². The molecule has 8 heteroatoms. The maximum absolute atomic E-state index is 12.4. The van der Waals surface area contributed by atoms with E-state index in [2.05, 4.69) is 0 Å². The molecule has 0 spiro atoms. The van der Waals surface area contributed by atoms with Crippen molar-refractivity contribution in [2.24, 2.45) is 0 Å². The SMILES string of the molecule is COCC1=C2/C(=C\[C@]3(C)CC[C@@](OC)(O3)[C@](C)(O)C[C@@H]2OC(C)=O)OC1=O. The van der Waals surface area contributed by atoms with Crippen LogP contribution in [0.4, 0.5) is 0 Å². The number of ether oxygens (including phenoxy) is 5. The molecule has 4 atom stereocenters. The van der Waals surface area contributed by atoms with Gasteiger partial charge in [-0.05, 0) is 26.3 Å². The second-order valence-corrected chi connectivity index (χ2v) is 7.67. The Balaban J connectivity index is 2.20. The maximum Gasteiger partial charge on any atom is 0.342 e. The summed E-state index contributed by atoms with van der Waals surface area (Å²) in [7, 11) is 2.93. The molecule has 0 saturated carbocycles. The van der Waals surface area contributed by atoms with Crippen LogP contribution in [0.3, 0.4) is 0 Å². The van der Waals surface area contributed by atoms with Crippen molar-refractivity contribution in [1.82, 2.24) is 0 Å². The van der Waals surface area contributed by atoms with Crippen molar-refractivity contribution < 1.29 is 38.4 Å². The van der Waals surface area contributed by atoms with Crippen molar-refractivity contribution in [2.45, 2.75) is 63.1 Å². The first-order valence-corrected chi connectivity index (χ1v) is 8.89. The predicted molar refractivity (Wildman–Crippen MR) is 92.3 cm³/mol. The lowest BCUT2D eigenvalue weighted by Crippen LogP contribution is -2.56. The lowest BCUT2D eigenvalue weighted by atomic mass is 9.82. The second kappa shape index (κ2) is 6.70. The Morgan fingerprint density at radius 2 is 2.04 bits per heavy atom. The molecule has 8 nitrogen and oxygen atoms in total. The van der Waals surface area contributed by atoms with E-state index in [-0.39, 0.29) is 24.4 Å². The highest BCUT2D eigenvalue weighted by Gasteiger charge is 2.60. The third-order valence-corrected chi connectivity index (χ3v) is 5.48. The smallest absolute Gasteiger partial charge is 0.342 e. The molecule has 0 amide bonds. The summed E-state index contributed by atoms with van der Waals surface area (Å²) in [6, 6.07) is 0. The standard InChI is InChI=1S/C19H26O8/c1-11(20)25-14-9-18(3,22)19(24-5)7-6-17(2,27-19)8-13-15(14)12(10-23-4)16(21)26-13/h8,14,22H,6-7,9-10H2,1-5H3/b13-8+/t14-,17-,18+,19+/m0/s1. The summed E-state index contributed by atoms with van der Waals surface area (Å²) < 4.78 is 27.9. The minimum absolute atomic E-state index is 0.00158. The van der Waals surface area contributed by atoms with Gasteiger partial charge in [-0.3, -0.25) is 4.79 Å². The normalized spacial score (nSPS) is 40.4. The lowest BCUT2D eigenvalue weighted by molar-refractivity contribution is -0.310. The van der Waals surface area contributed by atoms with E-state index in [4.69, 9.17) is 23.7 Å². The summed E-state index contributed by atoms with van der Waals surface area (Å²) in [5, 5.41) is 11.3. The van der Waals surface area contributed by atoms with E-state index in [1.54, 1.807) is 13.0 Å². The minimum Gasteiger partial charge on any atom is -0.457 e. The van der Waals surface area contributed by atoms with Crippen LogP contribution in [0, 0.1) is 0 Å². The van der Waals surface area contributed by atoms with Crippen LogP contribution in [0.15, 0.2) is 23.0 Å². The number of esters is 2. The Kier molecular flexibility index (Phi) is 4.96. The quantitative estimate of drug-likeness (QED) is 0.728. The molecule has 0 aliphatic carbocycles. The molecular formula is C19H26O8. The Morgan fingerprint density at radius 3 is 2.63 bits per heavy atom. The summed E-state index contributed by atoms with van der Waals surface area (Å²) in [5.74, 6) is -2.11. The lowest BCUT2D eigenvalue weighted by Gasteiger charge is -2.42. The number of carbonyl (C=O) groups excluding carboxylic acids is 2. The fraction of sp³-hybridized carbons (Fsp3) is 0.684. The zero-order valence-corrected chi connectivity index (χ0v) is 16.3. The number of hydrogen-bond donors (Lipinski definition) is 1. The third-order valence-electron chi connectivity index (χ3n) is 5.48. The van der Waals surface area contributed by atoms with Crippen molar-refractivity contribution in [3.05, 3.63) is 23.0 Å². The Bertz CT molecular complexity index is 721. The highest BCUT2D eigenvalue weighted by atomic mass is 16.7. The predicted octanol–water partition coefficient (Wildman–Crippen LogP) is 1.37. The second-order valence-electron chi connectivity index (χ2n) is 7.67. The summed E-state index contributed by atoms with van der Waals surface area (Å²) in [4.78, 5) is 24.1. The number of carbonyl (C=O) groups is 2. The molecule has 1 fully saturated rings. The van der Waals surface area contributed by atoms with Gasteiger partial charge in [-0.2, -0.15) is 0 Å². The summed E-state index contributed by atoms with van der Waals surface area (Å²) in [6.07, 6.45) is 1.73. The molecule has 0 unspecified atom stereocenters. The van der Waals surface area contributed by atoms with Crippen LogP contribution < -0.4 is 0 Å². The highest BCUT2D eigenvalue weighted by Crippen LogP contribution is 2.50.